The highest BCUT2D eigenvalue weighted by Crippen LogP contribution is 2.41. The molecule has 2 aromatic carbocycles. The van der Waals surface area contributed by atoms with E-state index in [4.69, 9.17) is 5.11 Å². The van der Waals surface area contributed by atoms with Crippen LogP contribution in [0, 0.1) is 0 Å². The Morgan fingerprint density at radius 2 is 2.05 bits per heavy atom. The summed E-state index contributed by atoms with van der Waals surface area (Å²) in [6.07, 6.45) is 0. The largest absolute Gasteiger partial charge is 0.508 e. The maximum absolute atomic E-state index is 11.0. The second-order valence-electron chi connectivity index (χ2n) is 4.49. The summed E-state index contributed by atoms with van der Waals surface area (Å²) in [6.45, 7) is 0. The summed E-state index contributed by atoms with van der Waals surface area (Å²) in [6, 6.07) is 10.7. The van der Waals surface area contributed by atoms with Gasteiger partial charge in [-0.1, -0.05) is 30.3 Å². The number of phenols is 1. The highest BCUT2D eigenvalue weighted by Gasteiger charge is 2.32. The topological polar surface area (TPSA) is 69.6 Å². The first-order valence-corrected chi connectivity index (χ1v) is 7.03. The van der Waals surface area contributed by atoms with Crippen molar-refractivity contribution in [3.63, 3.8) is 0 Å². The first-order valence-electron chi connectivity index (χ1n) is 5.98. The minimum absolute atomic E-state index is 0.188. The van der Waals surface area contributed by atoms with Crippen molar-refractivity contribution >= 4 is 28.5 Å². The standard InChI is InChI=1S/C14H13NO3S/c16-11-6-5-8-3-1-2-4-9(8)12(11)13-15-10(7-19-13)14(17)18/h1-6,10,13,15-16H,7H2,(H,17,18)/t10-,13?/m0/s1. The number of thioether (sulfide) groups is 1. The number of hydrogen-bond acceptors (Lipinski definition) is 4. The molecule has 98 valence electrons. The fraction of sp³-hybridized carbons (Fsp3) is 0.214. The number of benzene rings is 2. The van der Waals surface area contributed by atoms with Gasteiger partial charge in [0.05, 0.1) is 5.37 Å². The van der Waals surface area contributed by atoms with Crippen LogP contribution in [0.5, 0.6) is 5.75 Å². The quantitative estimate of drug-likeness (QED) is 0.785. The summed E-state index contributed by atoms with van der Waals surface area (Å²) in [5.74, 6) is -0.146. The van der Waals surface area contributed by atoms with Gasteiger partial charge in [0.2, 0.25) is 0 Å². The summed E-state index contributed by atoms with van der Waals surface area (Å²) in [5.41, 5.74) is 0.770. The molecule has 5 heteroatoms. The summed E-state index contributed by atoms with van der Waals surface area (Å²) in [7, 11) is 0. The maximum Gasteiger partial charge on any atom is 0.321 e. The van der Waals surface area contributed by atoms with Crippen LogP contribution in [0.15, 0.2) is 36.4 Å². The molecule has 0 spiro atoms. The van der Waals surface area contributed by atoms with Crippen molar-refractivity contribution < 1.29 is 15.0 Å². The summed E-state index contributed by atoms with van der Waals surface area (Å²) < 4.78 is 0. The van der Waals surface area contributed by atoms with E-state index in [1.807, 2.05) is 30.3 Å². The number of phenolic OH excluding ortho intramolecular Hbond substituents is 1. The summed E-state index contributed by atoms with van der Waals surface area (Å²) in [5, 5.41) is 24.0. The number of aromatic hydroxyl groups is 1. The Morgan fingerprint density at radius 3 is 2.79 bits per heavy atom. The molecule has 3 rings (SSSR count). The number of hydrogen-bond donors (Lipinski definition) is 3. The van der Waals surface area contributed by atoms with Gasteiger partial charge in [-0.2, -0.15) is 0 Å². The molecule has 1 fully saturated rings. The number of aliphatic carboxylic acids is 1. The Morgan fingerprint density at radius 1 is 1.26 bits per heavy atom. The molecule has 0 aliphatic carbocycles. The van der Waals surface area contributed by atoms with Crippen molar-refractivity contribution in [2.24, 2.45) is 0 Å². The van der Waals surface area contributed by atoms with Crippen LogP contribution in [-0.2, 0) is 4.79 Å². The third-order valence-corrected chi connectivity index (χ3v) is 4.52. The molecule has 1 heterocycles. The van der Waals surface area contributed by atoms with E-state index in [2.05, 4.69) is 5.32 Å². The van der Waals surface area contributed by atoms with Gasteiger partial charge in [0.1, 0.15) is 11.8 Å². The van der Waals surface area contributed by atoms with Crippen LogP contribution in [0.2, 0.25) is 0 Å². The normalized spacial score (nSPS) is 22.7. The number of fused-ring (bicyclic) bond motifs is 1. The van der Waals surface area contributed by atoms with E-state index in [0.29, 0.717) is 5.75 Å². The molecule has 0 amide bonds. The van der Waals surface area contributed by atoms with E-state index in [-0.39, 0.29) is 11.1 Å². The van der Waals surface area contributed by atoms with E-state index in [0.717, 1.165) is 16.3 Å². The van der Waals surface area contributed by atoms with Gasteiger partial charge in [-0.25, -0.2) is 0 Å². The lowest BCUT2D eigenvalue weighted by molar-refractivity contribution is -0.138. The van der Waals surface area contributed by atoms with Crippen molar-refractivity contribution in [2.75, 3.05) is 5.75 Å². The van der Waals surface area contributed by atoms with E-state index in [1.165, 1.54) is 11.8 Å². The minimum Gasteiger partial charge on any atom is -0.508 e. The van der Waals surface area contributed by atoms with Gasteiger partial charge in [0.25, 0.3) is 0 Å². The van der Waals surface area contributed by atoms with Crippen LogP contribution >= 0.6 is 11.8 Å². The van der Waals surface area contributed by atoms with Crippen LogP contribution in [0.1, 0.15) is 10.9 Å². The highest BCUT2D eigenvalue weighted by atomic mass is 32.2. The fourth-order valence-electron chi connectivity index (χ4n) is 2.34. The zero-order valence-corrected chi connectivity index (χ0v) is 10.9. The van der Waals surface area contributed by atoms with Crippen molar-refractivity contribution in [3.05, 3.63) is 42.0 Å². The zero-order chi connectivity index (χ0) is 13.4. The van der Waals surface area contributed by atoms with Crippen LogP contribution in [0.4, 0.5) is 0 Å². The number of nitrogens with one attached hydrogen (secondary N) is 1. The lowest BCUT2D eigenvalue weighted by atomic mass is 10.0. The average Bonchev–Trinajstić information content (AvgIpc) is 2.88. The smallest absolute Gasteiger partial charge is 0.321 e. The number of rotatable bonds is 2. The number of carbonyl (C=O) groups is 1. The summed E-state index contributed by atoms with van der Waals surface area (Å²) in [4.78, 5) is 11.0. The molecule has 0 radical (unpaired) electrons. The number of carboxylic acid groups (broad SMARTS) is 1. The molecule has 1 unspecified atom stereocenters. The monoisotopic (exact) mass is 275 g/mol. The van der Waals surface area contributed by atoms with E-state index in [9.17, 15) is 9.90 Å². The third-order valence-electron chi connectivity index (χ3n) is 3.29. The average molecular weight is 275 g/mol. The van der Waals surface area contributed by atoms with Crippen LogP contribution in [0.3, 0.4) is 0 Å². The second-order valence-corrected chi connectivity index (χ2v) is 5.63. The Bertz CT molecular complexity index is 644. The molecule has 1 aliphatic rings. The molecule has 0 aromatic heterocycles. The van der Waals surface area contributed by atoms with E-state index >= 15 is 0 Å². The van der Waals surface area contributed by atoms with Crippen LogP contribution in [0.25, 0.3) is 10.8 Å². The lowest BCUT2D eigenvalue weighted by Crippen LogP contribution is -2.33. The molecular weight excluding hydrogens is 262 g/mol. The Balaban J connectivity index is 2.05. The van der Waals surface area contributed by atoms with Gasteiger partial charge in [-0.05, 0) is 16.8 Å². The maximum atomic E-state index is 11.0. The molecule has 0 bridgehead atoms. The second kappa shape index (κ2) is 4.75. The molecular formula is C14H13NO3S. The molecule has 0 saturated carbocycles. The van der Waals surface area contributed by atoms with Gasteiger partial charge < -0.3 is 10.2 Å². The molecule has 2 aromatic rings. The first-order chi connectivity index (χ1) is 9.16. The molecule has 1 saturated heterocycles. The SMILES string of the molecule is O=C(O)[C@@H]1CSC(c2c(O)ccc3ccccc23)N1. The van der Waals surface area contributed by atoms with Crippen molar-refractivity contribution in [2.45, 2.75) is 11.4 Å². The van der Waals surface area contributed by atoms with Crippen molar-refractivity contribution in [1.29, 1.82) is 0 Å². The Labute approximate surface area is 114 Å². The molecule has 3 N–H and O–H groups in total. The van der Waals surface area contributed by atoms with Crippen LogP contribution in [-0.4, -0.2) is 28.0 Å². The van der Waals surface area contributed by atoms with Crippen LogP contribution < -0.4 is 5.32 Å². The fourth-order valence-corrected chi connectivity index (χ4v) is 3.64. The molecule has 19 heavy (non-hydrogen) atoms. The Hall–Kier alpha value is -1.72. The summed E-state index contributed by atoms with van der Waals surface area (Å²) >= 11 is 1.51. The van der Waals surface area contributed by atoms with Crippen molar-refractivity contribution in [3.8, 4) is 5.75 Å². The third kappa shape index (κ3) is 2.15. The molecule has 4 nitrogen and oxygen atoms in total. The van der Waals surface area contributed by atoms with Gasteiger partial charge in [0, 0.05) is 11.3 Å². The van der Waals surface area contributed by atoms with Gasteiger partial charge in [0.15, 0.2) is 0 Å². The molecule has 2 atom stereocenters. The predicted molar refractivity (Wildman–Crippen MR) is 75.4 cm³/mol. The predicted octanol–water partition coefficient (Wildman–Crippen LogP) is 2.33. The Kier molecular flexibility index (Phi) is 3.08. The number of carboxylic acids is 1. The van der Waals surface area contributed by atoms with E-state index in [1.54, 1.807) is 6.07 Å². The molecule has 1 aliphatic heterocycles. The van der Waals surface area contributed by atoms with Gasteiger partial charge in [-0.3, -0.25) is 10.1 Å². The van der Waals surface area contributed by atoms with E-state index < -0.39 is 12.0 Å². The first kappa shape index (κ1) is 12.3. The lowest BCUT2D eigenvalue weighted by Gasteiger charge is -2.15. The highest BCUT2D eigenvalue weighted by molar-refractivity contribution is 7.99. The zero-order valence-electron chi connectivity index (χ0n) is 10.0. The minimum atomic E-state index is -0.852. The van der Waals surface area contributed by atoms with Gasteiger partial charge >= 0.3 is 5.97 Å². The van der Waals surface area contributed by atoms with Gasteiger partial charge in [-0.15, -0.1) is 11.8 Å². The van der Waals surface area contributed by atoms with Crippen molar-refractivity contribution in [1.82, 2.24) is 5.32 Å².